The van der Waals surface area contributed by atoms with Gasteiger partial charge in [-0.15, -0.1) is 0 Å². The van der Waals surface area contributed by atoms with Crippen LogP contribution in [0.2, 0.25) is 0 Å². The molecular formula is C8H12Br2O3. The first kappa shape index (κ1) is 13.3. The van der Waals surface area contributed by atoms with Gasteiger partial charge in [-0.1, -0.05) is 31.9 Å². The van der Waals surface area contributed by atoms with Crippen molar-refractivity contribution in [1.82, 2.24) is 0 Å². The molecule has 0 heterocycles. The largest absolute Gasteiger partial charge is 0.352 e. The SMILES string of the molecule is CC(C=O)(CBr)OC(C)(C=O)CBr. The van der Waals surface area contributed by atoms with Gasteiger partial charge in [-0.2, -0.15) is 0 Å². The van der Waals surface area contributed by atoms with Crippen molar-refractivity contribution in [2.45, 2.75) is 25.0 Å². The minimum absolute atomic E-state index is 0.361. The van der Waals surface area contributed by atoms with E-state index in [0.717, 1.165) is 0 Å². The van der Waals surface area contributed by atoms with Crippen molar-refractivity contribution in [3.63, 3.8) is 0 Å². The first-order chi connectivity index (χ1) is 5.95. The van der Waals surface area contributed by atoms with E-state index in [1.54, 1.807) is 13.8 Å². The standard InChI is InChI=1S/C8H12Br2O3/c1-7(3-9,5-11)13-8(2,4-10)6-12/h5-6H,3-4H2,1-2H3. The first-order valence-electron chi connectivity index (χ1n) is 3.70. The highest BCUT2D eigenvalue weighted by Crippen LogP contribution is 2.21. The van der Waals surface area contributed by atoms with Crippen LogP contribution >= 0.6 is 31.9 Å². The molecule has 2 unspecified atom stereocenters. The van der Waals surface area contributed by atoms with Crippen molar-refractivity contribution in [2.24, 2.45) is 0 Å². The molecule has 0 saturated carbocycles. The lowest BCUT2D eigenvalue weighted by Crippen LogP contribution is -2.45. The third-order valence-corrected chi connectivity index (χ3v) is 3.72. The van der Waals surface area contributed by atoms with Gasteiger partial charge >= 0.3 is 0 Å². The van der Waals surface area contributed by atoms with Gasteiger partial charge in [-0.25, -0.2) is 0 Å². The fraction of sp³-hybridized carbons (Fsp3) is 0.750. The van der Waals surface area contributed by atoms with Gasteiger partial charge in [0.1, 0.15) is 11.2 Å². The Kier molecular flexibility index (Phi) is 5.32. The van der Waals surface area contributed by atoms with Gasteiger partial charge in [0, 0.05) is 10.7 Å². The molecule has 0 rings (SSSR count). The summed E-state index contributed by atoms with van der Waals surface area (Å²) in [4.78, 5) is 21.4. The summed E-state index contributed by atoms with van der Waals surface area (Å²) >= 11 is 6.31. The maximum absolute atomic E-state index is 10.7. The van der Waals surface area contributed by atoms with Crippen LogP contribution in [0.1, 0.15) is 13.8 Å². The molecule has 3 nitrogen and oxygen atoms in total. The number of ether oxygens (including phenoxy) is 1. The second-order valence-corrected chi connectivity index (χ2v) is 4.35. The second-order valence-electron chi connectivity index (χ2n) is 3.23. The molecular weight excluding hydrogens is 304 g/mol. The molecule has 0 saturated heterocycles. The Morgan fingerprint density at radius 3 is 1.54 bits per heavy atom. The van der Waals surface area contributed by atoms with Crippen molar-refractivity contribution >= 4 is 44.4 Å². The van der Waals surface area contributed by atoms with Crippen LogP contribution in [-0.4, -0.2) is 34.4 Å². The predicted molar refractivity (Wildman–Crippen MR) is 57.6 cm³/mol. The molecule has 2 atom stereocenters. The Bertz CT molecular complexity index is 178. The van der Waals surface area contributed by atoms with E-state index in [1.165, 1.54) is 0 Å². The van der Waals surface area contributed by atoms with Gasteiger partial charge in [0.05, 0.1) is 0 Å². The molecule has 13 heavy (non-hydrogen) atoms. The van der Waals surface area contributed by atoms with Gasteiger partial charge in [0.2, 0.25) is 0 Å². The normalized spacial score (nSPS) is 20.0. The average molecular weight is 316 g/mol. The van der Waals surface area contributed by atoms with Crippen LogP contribution in [0.4, 0.5) is 0 Å². The maximum atomic E-state index is 10.7. The molecule has 0 radical (unpaired) electrons. The highest BCUT2D eigenvalue weighted by atomic mass is 79.9. The molecule has 0 fully saturated rings. The van der Waals surface area contributed by atoms with Crippen LogP contribution in [0.15, 0.2) is 0 Å². The third-order valence-electron chi connectivity index (χ3n) is 1.50. The van der Waals surface area contributed by atoms with E-state index < -0.39 is 11.2 Å². The molecule has 5 heteroatoms. The highest BCUT2D eigenvalue weighted by molar-refractivity contribution is 9.09. The zero-order chi connectivity index (χ0) is 10.5. The number of rotatable bonds is 6. The fourth-order valence-electron chi connectivity index (χ4n) is 0.698. The van der Waals surface area contributed by atoms with Gasteiger partial charge in [0.25, 0.3) is 0 Å². The summed E-state index contributed by atoms with van der Waals surface area (Å²) in [6.45, 7) is 3.25. The lowest BCUT2D eigenvalue weighted by molar-refractivity contribution is -0.152. The molecule has 0 bridgehead atoms. The van der Waals surface area contributed by atoms with Crippen molar-refractivity contribution in [2.75, 3.05) is 10.7 Å². The van der Waals surface area contributed by atoms with Crippen LogP contribution in [0.25, 0.3) is 0 Å². The van der Waals surface area contributed by atoms with Crippen LogP contribution in [0.5, 0.6) is 0 Å². The van der Waals surface area contributed by atoms with Crippen molar-refractivity contribution in [1.29, 1.82) is 0 Å². The average Bonchev–Trinajstić information content (AvgIpc) is 2.17. The Morgan fingerprint density at radius 2 is 1.38 bits per heavy atom. The van der Waals surface area contributed by atoms with E-state index in [4.69, 9.17) is 4.74 Å². The fourth-order valence-corrected chi connectivity index (χ4v) is 1.19. The Labute approximate surface area is 94.5 Å². The van der Waals surface area contributed by atoms with E-state index in [1.807, 2.05) is 0 Å². The lowest BCUT2D eigenvalue weighted by atomic mass is 10.1. The minimum atomic E-state index is -0.955. The quantitative estimate of drug-likeness (QED) is 0.553. The van der Waals surface area contributed by atoms with Gasteiger partial charge in [-0.3, -0.25) is 0 Å². The first-order valence-corrected chi connectivity index (χ1v) is 5.94. The van der Waals surface area contributed by atoms with E-state index in [2.05, 4.69) is 31.9 Å². The van der Waals surface area contributed by atoms with Crippen LogP contribution in [-0.2, 0) is 14.3 Å². The summed E-state index contributed by atoms with van der Waals surface area (Å²) in [6, 6.07) is 0. The summed E-state index contributed by atoms with van der Waals surface area (Å²) in [5.74, 6) is 0. The number of hydrogen-bond donors (Lipinski definition) is 0. The van der Waals surface area contributed by atoms with Crippen LogP contribution in [0, 0.1) is 0 Å². The predicted octanol–water partition coefficient (Wildman–Crippen LogP) is 1.71. The highest BCUT2D eigenvalue weighted by Gasteiger charge is 2.34. The molecule has 0 amide bonds. The van der Waals surface area contributed by atoms with E-state index in [9.17, 15) is 9.59 Å². The molecule has 0 spiro atoms. The smallest absolute Gasteiger partial charge is 0.152 e. The minimum Gasteiger partial charge on any atom is -0.352 e. The van der Waals surface area contributed by atoms with Gasteiger partial charge in [0.15, 0.2) is 12.6 Å². The van der Waals surface area contributed by atoms with Crippen molar-refractivity contribution < 1.29 is 14.3 Å². The van der Waals surface area contributed by atoms with E-state index in [-0.39, 0.29) is 0 Å². The zero-order valence-electron chi connectivity index (χ0n) is 7.55. The van der Waals surface area contributed by atoms with E-state index >= 15 is 0 Å². The molecule has 0 aliphatic carbocycles. The monoisotopic (exact) mass is 314 g/mol. The summed E-state index contributed by atoms with van der Waals surface area (Å²) in [7, 11) is 0. The molecule has 0 aliphatic heterocycles. The molecule has 0 aromatic heterocycles. The second kappa shape index (κ2) is 5.22. The molecule has 0 aromatic rings. The third kappa shape index (κ3) is 3.87. The molecule has 0 aromatic carbocycles. The number of halogens is 2. The van der Waals surface area contributed by atoms with Crippen LogP contribution < -0.4 is 0 Å². The molecule has 0 aliphatic rings. The number of alkyl halides is 2. The number of carbonyl (C=O) groups excluding carboxylic acids is 2. The summed E-state index contributed by atoms with van der Waals surface area (Å²) < 4.78 is 5.39. The Hall–Kier alpha value is 0.260. The summed E-state index contributed by atoms with van der Waals surface area (Å²) in [5.41, 5.74) is -1.91. The zero-order valence-corrected chi connectivity index (χ0v) is 10.7. The van der Waals surface area contributed by atoms with Crippen molar-refractivity contribution in [3.8, 4) is 0 Å². The van der Waals surface area contributed by atoms with Crippen molar-refractivity contribution in [3.05, 3.63) is 0 Å². The van der Waals surface area contributed by atoms with E-state index in [0.29, 0.717) is 23.2 Å². The number of carbonyl (C=O) groups is 2. The summed E-state index contributed by atoms with van der Waals surface area (Å²) in [5, 5.41) is 0.722. The topological polar surface area (TPSA) is 43.4 Å². The van der Waals surface area contributed by atoms with Gasteiger partial charge in [-0.05, 0) is 13.8 Å². The maximum Gasteiger partial charge on any atom is 0.152 e. The Morgan fingerprint density at radius 1 is 1.08 bits per heavy atom. The summed E-state index contributed by atoms with van der Waals surface area (Å²) in [6.07, 6.45) is 1.37. The molecule has 76 valence electrons. The number of aldehydes is 2. The van der Waals surface area contributed by atoms with Gasteiger partial charge < -0.3 is 14.3 Å². The molecule has 0 N–H and O–H groups in total. The number of hydrogen-bond acceptors (Lipinski definition) is 3. The Balaban J connectivity index is 4.54. The van der Waals surface area contributed by atoms with Crippen LogP contribution in [0.3, 0.4) is 0 Å². The lowest BCUT2D eigenvalue weighted by Gasteiger charge is -2.31.